The molecule has 0 aromatic carbocycles. The van der Waals surface area contributed by atoms with Gasteiger partial charge in [-0.1, -0.05) is 0 Å². The van der Waals surface area contributed by atoms with Crippen molar-refractivity contribution >= 4 is 32.7 Å². The minimum atomic E-state index is -5.17. The molecule has 17 heavy (non-hydrogen) atoms. The predicted molar refractivity (Wildman–Crippen MR) is 54.5 cm³/mol. The first kappa shape index (κ1) is 17.2. The summed E-state index contributed by atoms with van der Waals surface area (Å²) in [7, 11) is -5.17. The van der Waals surface area contributed by atoms with Crippen LogP contribution in [0, 0.1) is 0 Å². The summed E-state index contributed by atoms with van der Waals surface area (Å²) >= 11 is 0.356. The van der Waals surface area contributed by atoms with Crippen molar-refractivity contribution in [1.82, 2.24) is 0 Å². The molecule has 0 rings (SSSR count). The van der Waals surface area contributed by atoms with Crippen LogP contribution in [0.5, 0.6) is 0 Å². The molecule has 0 radical (unpaired) electrons. The number of hydrogen-bond acceptors (Lipinski definition) is 2. The quantitative estimate of drug-likeness (QED) is 0.323. The molecule has 11 heteroatoms. The zero-order valence-electron chi connectivity index (χ0n) is 7.94. The van der Waals surface area contributed by atoms with Crippen molar-refractivity contribution in [3.8, 4) is 0 Å². The van der Waals surface area contributed by atoms with Crippen molar-refractivity contribution < 1.29 is 39.3 Å². The van der Waals surface area contributed by atoms with Crippen LogP contribution in [0.4, 0.5) is 26.3 Å². The van der Waals surface area contributed by atoms with E-state index in [0.29, 0.717) is 22.6 Å². The molecule has 3 nitrogen and oxygen atoms in total. The van der Waals surface area contributed by atoms with Crippen molar-refractivity contribution in [2.45, 2.75) is 28.6 Å². The molecule has 0 aliphatic heterocycles. The Hall–Kier alpha value is 0.220. The zero-order valence-corrected chi connectivity index (χ0v) is 10.9. The lowest BCUT2D eigenvalue weighted by molar-refractivity contribution is -0.125. The van der Waals surface area contributed by atoms with Gasteiger partial charge < -0.3 is 0 Å². The van der Waals surface area contributed by atoms with E-state index in [1.807, 2.05) is 0 Å². The van der Waals surface area contributed by atoms with Crippen molar-refractivity contribution in [3.63, 3.8) is 0 Å². The summed E-state index contributed by atoms with van der Waals surface area (Å²) in [6.07, 6.45) is -4.51. The molecular weight excluding hydrogens is 393 g/mol. The van der Waals surface area contributed by atoms with Gasteiger partial charge in [-0.3, -0.25) is 4.55 Å². The largest absolute Gasteiger partial charge is 0.302 e. The maximum absolute atomic E-state index is 12.7. The van der Waals surface area contributed by atoms with Crippen LogP contribution >= 0.6 is 22.6 Å². The maximum atomic E-state index is 12.7. The highest BCUT2D eigenvalue weighted by molar-refractivity contribution is 14.1. The molecule has 0 heterocycles. The van der Waals surface area contributed by atoms with Crippen LogP contribution in [-0.2, 0) is 10.1 Å². The third-order valence-corrected chi connectivity index (χ3v) is 2.54. The first-order valence-electron chi connectivity index (χ1n) is 3.90. The Balaban J connectivity index is 4.70. The molecule has 0 aliphatic rings. The Kier molecular flexibility index (Phi) is 5.14. The summed E-state index contributed by atoms with van der Waals surface area (Å²) in [6.45, 7) is 0. The van der Waals surface area contributed by atoms with Gasteiger partial charge in [-0.25, -0.2) is 17.6 Å². The molecule has 0 aromatic rings. The fourth-order valence-corrected chi connectivity index (χ4v) is 2.25. The highest BCUT2D eigenvalue weighted by atomic mass is 127. The molecular formula is C6H7F6IO3S. The molecule has 0 bridgehead atoms. The summed E-state index contributed by atoms with van der Waals surface area (Å²) in [5.74, 6) is -11.2. The van der Waals surface area contributed by atoms with Crippen LogP contribution < -0.4 is 0 Å². The molecule has 0 unspecified atom stereocenters. The SMILES string of the molecule is O=S(=O)(O)CC(F)(F)CC(F)(F)CC(F)(F)I. The lowest BCUT2D eigenvalue weighted by Crippen LogP contribution is -2.37. The fraction of sp³-hybridized carbons (Fsp3) is 1.00. The summed E-state index contributed by atoms with van der Waals surface area (Å²) in [5, 5.41) is 0. The number of alkyl halides is 7. The van der Waals surface area contributed by atoms with Gasteiger partial charge in [0.15, 0.2) is 0 Å². The molecule has 0 saturated heterocycles. The van der Waals surface area contributed by atoms with Crippen molar-refractivity contribution in [2.75, 3.05) is 5.75 Å². The molecule has 0 atom stereocenters. The lowest BCUT2D eigenvalue weighted by atomic mass is 10.1. The highest BCUT2D eigenvalue weighted by Gasteiger charge is 2.50. The summed E-state index contributed by atoms with van der Waals surface area (Å²) in [4.78, 5) is 0. The van der Waals surface area contributed by atoms with E-state index in [9.17, 15) is 34.8 Å². The van der Waals surface area contributed by atoms with E-state index >= 15 is 0 Å². The summed E-state index contributed by atoms with van der Waals surface area (Å²) in [5.41, 5.74) is 0. The Labute approximate surface area is 106 Å². The number of hydrogen-bond donors (Lipinski definition) is 1. The van der Waals surface area contributed by atoms with Crippen molar-refractivity contribution in [3.05, 3.63) is 0 Å². The van der Waals surface area contributed by atoms with Crippen LogP contribution in [0.15, 0.2) is 0 Å². The minimum absolute atomic E-state index is 0.356. The van der Waals surface area contributed by atoms with Crippen LogP contribution in [0.2, 0.25) is 0 Å². The Morgan fingerprint density at radius 1 is 0.941 bits per heavy atom. The maximum Gasteiger partial charge on any atom is 0.302 e. The lowest BCUT2D eigenvalue weighted by Gasteiger charge is -2.23. The van der Waals surface area contributed by atoms with Gasteiger partial charge in [0.25, 0.3) is 22.0 Å². The Bertz CT molecular complexity index is 362. The first-order valence-corrected chi connectivity index (χ1v) is 6.58. The normalized spacial score (nSPS) is 15.1. The van der Waals surface area contributed by atoms with E-state index in [1.165, 1.54) is 0 Å². The molecule has 0 aromatic heterocycles. The topological polar surface area (TPSA) is 54.4 Å². The van der Waals surface area contributed by atoms with Gasteiger partial charge in [0.05, 0.1) is 12.8 Å². The first-order chi connectivity index (χ1) is 7.12. The predicted octanol–water partition coefficient (Wildman–Crippen LogP) is 2.95. The third kappa shape index (κ3) is 9.88. The number of rotatable bonds is 6. The molecule has 0 fully saturated rings. The monoisotopic (exact) mass is 400 g/mol. The Morgan fingerprint density at radius 2 is 1.35 bits per heavy atom. The van der Waals surface area contributed by atoms with E-state index in [-0.39, 0.29) is 0 Å². The van der Waals surface area contributed by atoms with E-state index in [2.05, 4.69) is 0 Å². The summed E-state index contributed by atoms with van der Waals surface area (Å²) in [6, 6.07) is 0. The minimum Gasteiger partial charge on any atom is -0.285 e. The molecule has 1 N–H and O–H groups in total. The average Bonchev–Trinajstić information content (AvgIpc) is 1.65. The molecule has 0 aliphatic carbocycles. The summed E-state index contributed by atoms with van der Waals surface area (Å²) < 4.78 is 99.8. The third-order valence-electron chi connectivity index (χ3n) is 1.37. The van der Waals surface area contributed by atoms with Crippen molar-refractivity contribution in [2.24, 2.45) is 0 Å². The molecule has 104 valence electrons. The van der Waals surface area contributed by atoms with Gasteiger partial charge in [0.2, 0.25) is 0 Å². The van der Waals surface area contributed by atoms with E-state index < -0.39 is 44.5 Å². The van der Waals surface area contributed by atoms with E-state index in [4.69, 9.17) is 4.55 Å². The average molecular weight is 400 g/mol. The highest BCUT2D eigenvalue weighted by Crippen LogP contribution is 2.41. The smallest absolute Gasteiger partial charge is 0.285 e. The van der Waals surface area contributed by atoms with Gasteiger partial charge in [-0.2, -0.15) is 17.2 Å². The second kappa shape index (κ2) is 5.07. The number of halogens is 7. The van der Waals surface area contributed by atoms with Gasteiger partial charge in [0.1, 0.15) is 5.75 Å². The molecule has 0 spiro atoms. The van der Waals surface area contributed by atoms with Crippen LogP contribution in [0.1, 0.15) is 12.8 Å². The Morgan fingerprint density at radius 3 is 1.65 bits per heavy atom. The van der Waals surface area contributed by atoms with E-state index in [1.54, 1.807) is 0 Å². The van der Waals surface area contributed by atoms with Gasteiger partial charge in [0, 0.05) is 0 Å². The zero-order chi connectivity index (χ0) is 14.1. The van der Waals surface area contributed by atoms with Gasteiger partial charge in [-0.05, 0) is 22.6 Å². The standard InChI is InChI=1S/C6H7F6IO3S/c7-4(8,2-6(11,12)13)1-5(9,10)3-17(14,15)16/h1-3H2,(H,14,15,16). The fourth-order valence-electron chi connectivity index (χ4n) is 1.05. The van der Waals surface area contributed by atoms with Crippen LogP contribution in [-0.4, -0.2) is 34.5 Å². The van der Waals surface area contributed by atoms with Crippen molar-refractivity contribution in [1.29, 1.82) is 0 Å². The van der Waals surface area contributed by atoms with Gasteiger partial charge >= 0.3 is 3.93 Å². The molecule has 0 amide bonds. The van der Waals surface area contributed by atoms with Crippen LogP contribution in [0.25, 0.3) is 0 Å². The van der Waals surface area contributed by atoms with Crippen LogP contribution in [0.3, 0.4) is 0 Å². The molecule has 0 saturated carbocycles. The second-order valence-corrected chi connectivity index (χ2v) is 6.44. The van der Waals surface area contributed by atoms with Gasteiger partial charge in [-0.15, -0.1) is 0 Å². The second-order valence-electron chi connectivity index (χ2n) is 3.41. The van der Waals surface area contributed by atoms with E-state index in [0.717, 1.165) is 0 Å².